The molecular formula is C14H12ClFN2O. The molecule has 0 aliphatic carbocycles. The number of halogens is 2. The van der Waals surface area contributed by atoms with E-state index in [2.05, 4.69) is 5.32 Å². The number of primary amides is 1. The van der Waals surface area contributed by atoms with Gasteiger partial charge < -0.3 is 11.1 Å². The van der Waals surface area contributed by atoms with Gasteiger partial charge >= 0.3 is 0 Å². The van der Waals surface area contributed by atoms with E-state index in [1.165, 1.54) is 12.1 Å². The zero-order valence-corrected chi connectivity index (χ0v) is 10.7. The summed E-state index contributed by atoms with van der Waals surface area (Å²) in [5.74, 6) is -0.854. The number of hydrogen-bond acceptors (Lipinski definition) is 2. The molecule has 0 unspecified atom stereocenters. The van der Waals surface area contributed by atoms with Gasteiger partial charge in [0.05, 0.1) is 10.7 Å². The zero-order chi connectivity index (χ0) is 13.8. The molecule has 3 nitrogen and oxygen atoms in total. The minimum Gasteiger partial charge on any atom is -0.380 e. The molecule has 0 aliphatic heterocycles. The Morgan fingerprint density at radius 3 is 2.74 bits per heavy atom. The predicted octanol–water partition coefficient (Wildman–Crippen LogP) is 3.19. The Kier molecular flexibility index (Phi) is 4.02. The van der Waals surface area contributed by atoms with Gasteiger partial charge in [0, 0.05) is 12.1 Å². The molecule has 98 valence electrons. The molecule has 1 amide bonds. The second-order valence-electron chi connectivity index (χ2n) is 4.04. The SMILES string of the molecule is NC(=O)c1cccc(CNc2ccc(F)cc2Cl)c1. The Bertz CT molecular complexity index is 616. The minimum atomic E-state index is -0.471. The molecule has 3 N–H and O–H groups in total. The molecular weight excluding hydrogens is 267 g/mol. The number of anilines is 1. The van der Waals surface area contributed by atoms with Gasteiger partial charge in [0.1, 0.15) is 5.82 Å². The van der Waals surface area contributed by atoms with Crippen molar-refractivity contribution in [2.24, 2.45) is 5.73 Å². The van der Waals surface area contributed by atoms with Gasteiger partial charge in [-0.1, -0.05) is 23.7 Å². The molecule has 19 heavy (non-hydrogen) atoms. The fraction of sp³-hybridized carbons (Fsp3) is 0.0714. The second kappa shape index (κ2) is 5.71. The molecule has 2 aromatic carbocycles. The lowest BCUT2D eigenvalue weighted by Crippen LogP contribution is -2.11. The van der Waals surface area contributed by atoms with Crippen molar-refractivity contribution in [3.8, 4) is 0 Å². The van der Waals surface area contributed by atoms with Crippen molar-refractivity contribution in [1.82, 2.24) is 0 Å². The van der Waals surface area contributed by atoms with Crippen molar-refractivity contribution in [2.75, 3.05) is 5.32 Å². The molecule has 0 fully saturated rings. The van der Waals surface area contributed by atoms with Crippen LogP contribution >= 0.6 is 11.6 Å². The van der Waals surface area contributed by atoms with E-state index in [0.717, 1.165) is 5.56 Å². The van der Waals surface area contributed by atoms with E-state index in [1.54, 1.807) is 24.3 Å². The highest BCUT2D eigenvalue weighted by Crippen LogP contribution is 2.23. The lowest BCUT2D eigenvalue weighted by Gasteiger charge is -2.09. The van der Waals surface area contributed by atoms with Crippen molar-refractivity contribution >= 4 is 23.2 Å². The van der Waals surface area contributed by atoms with Crippen LogP contribution in [0.1, 0.15) is 15.9 Å². The first-order chi connectivity index (χ1) is 9.06. The van der Waals surface area contributed by atoms with Crippen LogP contribution in [0.25, 0.3) is 0 Å². The summed E-state index contributed by atoms with van der Waals surface area (Å²) in [5, 5.41) is 3.38. The molecule has 2 rings (SSSR count). The maximum atomic E-state index is 12.9. The average Bonchev–Trinajstić information content (AvgIpc) is 2.38. The monoisotopic (exact) mass is 278 g/mol. The van der Waals surface area contributed by atoms with Gasteiger partial charge in [-0.15, -0.1) is 0 Å². The highest BCUT2D eigenvalue weighted by atomic mass is 35.5. The molecule has 0 heterocycles. The largest absolute Gasteiger partial charge is 0.380 e. The molecule has 0 radical (unpaired) electrons. The molecule has 0 aromatic heterocycles. The number of amides is 1. The molecule has 0 bridgehead atoms. The first kappa shape index (κ1) is 13.4. The number of carbonyl (C=O) groups is 1. The molecule has 0 saturated carbocycles. The van der Waals surface area contributed by atoms with E-state index < -0.39 is 5.91 Å². The maximum Gasteiger partial charge on any atom is 0.248 e. The van der Waals surface area contributed by atoms with E-state index >= 15 is 0 Å². The van der Waals surface area contributed by atoms with Crippen molar-refractivity contribution in [3.05, 3.63) is 64.4 Å². The van der Waals surface area contributed by atoms with E-state index in [1.807, 2.05) is 6.07 Å². The van der Waals surface area contributed by atoms with Crippen LogP contribution < -0.4 is 11.1 Å². The first-order valence-electron chi connectivity index (χ1n) is 5.64. The molecule has 0 saturated heterocycles. The molecule has 2 aromatic rings. The van der Waals surface area contributed by atoms with Crippen LogP contribution in [0.2, 0.25) is 5.02 Å². The van der Waals surface area contributed by atoms with Gasteiger partial charge in [0.2, 0.25) is 5.91 Å². The smallest absolute Gasteiger partial charge is 0.248 e. The second-order valence-corrected chi connectivity index (χ2v) is 4.45. The van der Waals surface area contributed by atoms with Crippen molar-refractivity contribution in [1.29, 1.82) is 0 Å². The van der Waals surface area contributed by atoms with Crippen molar-refractivity contribution in [2.45, 2.75) is 6.54 Å². The van der Waals surface area contributed by atoms with E-state index in [9.17, 15) is 9.18 Å². The summed E-state index contributed by atoms with van der Waals surface area (Å²) in [6, 6.07) is 11.1. The van der Waals surface area contributed by atoms with Gasteiger partial charge in [-0.3, -0.25) is 4.79 Å². The topological polar surface area (TPSA) is 55.1 Å². The quantitative estimate of drug-likeness (QED) is 0.902. The number of nitrogens with two attached hydrogens (primary N) is 1. The molecule has 0 aliphatic rings. The Morgan fingerprint density at radius 2 is 2.05 bits per heavy atom. The number of rotatable bonds is 4. The molecule has 0 spiro atoms. The fourth-order valence-corrected chi connectivity index (χ4v) is 1.90. The summed E-state index contributed by atoms with van der Waals surface area (Å²) in [5.41, 5.74) is 7.17. The van der Waals surface area contributed by atoms with E-state index in [0.29, 0.717) is 22.8 Å². The fourth-order valence-electron chi connectivity index (χ4n) is 1.66. The lowest BCUT2D eigenvalue weighted by molar-refractivity contribution is 0.1000. The summed E-state index contributed by atoms with van der Waals surface area (Å²) in [6.07, 6.45) is 0. The summed E-state index contributed by atoms with van der Waals surface area (Å²) >= 11 is 5.90. The summed E-state index contributed by atoms with van der Waals surface area (Å²) < 4.78 is 12.9. The third-order valence-electron chi connectivity index (χ3n) is 2.63. The summed E-state index contributed by atoms with van der Waals surface area (Å²) in [7, 11) is 0. The van der Waals surface area contributed by atoms with Crippen LogP contribution in [0.3, 0.4) is 0 Å². The van der Waals surface area contributed by atoms with Crippen molar-refractivity contribution in [3.63, 3.8) is 0 Å². The summed E-state index contributed by atoms with van der Waals surface area (Å²) in [6.45, 7) is 0.465. The third kappa shape index (κ3) is 3.45. The maximum absolute atomic E-state index is 12.9. The zero-order valence-electron chi connectivity index (χ0n) is 9.99. The predicted molar refractivity (Wildman–Crippen MR) is 73.7 cm³/mol. The van der Waals surface area contributed by atoms with Crippen LogP contribution in [0.5, 0.6) is 0 Å². The Morgan fingerprint density at radius 1 is 1.26 bits per heavy atom. The highest BCUT2D eigenvalue weighted by Gasteiger charge is 2.04. The van der Waals surface area contributed by atoms with Gasteiger partial charge in [0.15, 0.2) is 0 Å². The summed E-state index contributed by atoms with van der Waals surface area (Å²) in [4.78, 5) is 11.1. The van der Waals surface area contributed by atoms with E-state index in [4.69, 9.17) is 17.3 Å². The van der Waals surface area contributed by atoms with Gasteiger partial charge in [-0.25, -0.2) is 4.39 Å². The third-order valence-corrected chi connectivity index (χ3v) is 2.94. The van der Waals surface area contributed by atoms with Crippen LogP contribution in [0, 0.1) is 5.82 Å². The van der Waals surface area contributed by atoms with Crippen LogP contribution in [-0.4, -0.2) is 5.91 Å². The van der Waals surface area contributed by atoms with Gasteiger partial charge in [-0.2, -0.15) is 0 Å². The van der Waals surface area contributed by atoms with Crippen LogP contribution in [0.15, 0.2) is 42.5 Å². The standard InChI is InChI=1S/C14H12ClFN2O/c15-12-7-11(16)4-5-13(12)18-8-9-2-1-3-10(6-9)14(17)19/h1-7,18H,8H2,(H2,17,19). The van der Waals surface area contributed by atoms with Crippen molar-refractivity contribution < 1.29 is 9.18 Å². The van der Waals surface area contributed by atoms with Gasteiger partial charge in [0.25, 0.3) is 0 Å². The number of nitrogens with one attached hydrogen (secondary N) is 1. The first-order valence-corrected chi connectivity index (χ1v) is 6.02. The number of carbonyl (C=O) groups excluding carboxylic acids is 1. The number of hydrogen-bond donors (Lipinski definition) is 2. The minimum absolute atomic E-state index is 0.311. The average molecular weight is 279 g/mol. The van der Waals surface area contributed by atoms with Crippen LogP contribution in [0.4, 0.5) is 10.1 Å². The molecule has 0 atom stereocenters. The van der Waals surface area contributed by atoms with Crippen LogP contribution in [-0.2, 0) is 6.54 Å². The van der Waals surface area contributed by atoms with E-state index in [-0.39, 0.29) is 5.82 Å². The highest BCUT2D eigenvalue weighted by molar-refractivity contribution is 6.33. The number of benzene rings is 2. The normalized spacial score (nSPS) is 10.2. The lowest BCUT2D eigenvalue weighted by atomic mass is 10.1. The Balaban J connectivity index is 2.10. The Labute approximate surface area is 115 Å². The van der Waals surface area contributed by atoms with Gasteiger partial charge in [-0.05, 0) is 35.9 Å². The Hall–Kier alpha value is -2.07. The molecule has 5 heteroatoms.